The van der Waals surface area contributed by atoms with Gasteiger partial charge in [-0.2, -0.15) is 0 Å². The van der Waals surface area contributed by atoms with Gasteiger partial charge in [-0.25, -0.2) is 0 Å². The summed E-state index contributed by atoms with van der Waals surface area (Å²) in [5, 5.41) is 3.55. The zero-order valence-electron chi connectivity index (χ0n) is 10.7. The topological polar surface area (TPSA) is 12.0 Å². The molecule has 1 saturated carbocycles. The summed E-state index contributed by atoms with van der Waals surface area (Å²) >= 11 is 0. The smallest absolute Gasteiger partial charge is 0.00432 e. The van der Waals surface area contributed by atoms with Crippen LogP contribution in [0.1, 0.15) is 70.6 Å². The fraction of sp³-hybridized carbons (Fsp3) is 0.867. The van der Waals surface area contributed by atoms with Gasteiger partial charge in [0.1, 0.15) is 0 Å². The SMILES string of the molecule is C1CCC[C]([C]2CCCCNCC2)CCC1. The molecular weight excluding hydrogens is 194 g/mol. The number of rotatable bonds is 1. The highest BCUT2D eigenvalue weighted by atomic mass is 14.8. The van der Waals surface area contributed by atoms with Gasteiger partial charge < -0.3 is 5.32 Å². The quantitative estimate of drug-likeness (QED) is 0.704. The van der Waals surface area contributed by atoms with E-state index in [4.69, 9.17) is 0 Å². The third-order valence-corrected chi connectivity index (χ3v) is 4.14. The Morgan fingerprint density at radius 1 is 0.500 bits per heavy atom. The van der Waals surface area contributed by atoms with Crippen LogP contribution in [-0.2, 0) is 0 Å². The van der Waals surface area contributed by atoms with E-state index in [1.54, 1.807) is 0 Å². The van der Waals surface area contributed by atoms with Crippen molar-refractivity contribution in [2.75, 3.05) is 13.1 Å². The zero-order valence-corrected chi connectivity index (χ0v) is 10.7. The normalized spacial score (nSPS) is 27.8. The minimum Gasteiger partial charge on any atom is -0.317 e. The summed E-state index contributed by atoms with van der Waals surface area (Å²) in [5.41, 5.74) is 0. The Labute approximate surface area is 101 Å². The van der Waals surface area contributed by atoms with E-state index in [1.165, 1.54) is 83.7 Å². The van der Waals surface area contributed by atoms with Crippen LogP contribution in [0, 0.1) is 11.8 Å². The van der Waals surface area contributed by atoms with Crippen LogP contribution in [-0.4, -0.2) is 13.1 Å². The lowest BCUT2D eigenvalue weighted by atomic mass is 9.77. The van der Waals surface area contributed by atoms with Crippen molar-refractivity contribution in [2.45, 2.75) is 70.6 Å². The Balaban J connectivity index is 1.81. The second-order valence-corrected chi connectivity index (χ2v) is 5.43. The van der Waals surface area contributed by atoms with Crippen LogP contribution < -0.4 is 5.32 Å². The highest BCUT2D eigenvalue weighted by Crippen LogP contribution is 2.36. The molecule has 16 heavy (non-hydrogen) atoms. The van der Waals surface area contributed by atoms with Crippen molar-refractivity contribution in [1.29, 1.82) is 0 Å². The van der Waals surface area contributed by atoms with Gasteiger partial charge in [-0.3, -0.25) is 0 Å². The molecule has 1 heterocycles. The van der Waals surface area contributed by atoms with Crippen LogP contribution >= 0.6 is 0 Å². The summed E-state index contributed by atoms with van der Waals surface area (Å²) < 4.78 is 0. The van der Waals surface area contributed by atoms with Crippen LogP contribution in [0.25, 0.3) is 0 Å². The Morgan fingerprint density at radius 2 is 1.06 bits per heavy atom. The first kappa shape index (κ1) is 12.4. The third-order valence-electron chi connectivity index (χ3n) is 4.14. The molecule has 1 aliphatic heterocycles. The molecule has 0 spiro atoms. The van der Waals surface area contributed by atoms with E-state index >= 15 is 0 Å². The maximum absolute atomic E-state index is 3.55. The molecule has 2 radical (unpaired) electrons. The second-order valence-electron chi connectivity index (χ2n) is 5.43. The third kappa shape index (κ3) is 4.08. The summed E-state index contributed by atoms with van der Waals surface area (Å²) in [5.74, 6) is 3.68. The first-order chi connectivity index (χ1) is 7.97. The predicted octanol–water partition coefficient (Wildman–Crippen LogP) is 4.04. The summed E-state index contributed by atoms with van der Waals surface area (Å²) in [6.07, 6.45) is 15.6. The first-order valence-corrected chi connectivity index (χ1v) is 7.37. The highest BCUT2D eigenvalue weighted by Gasteiger charge is 2.23. The van der Waals surface area contributed by atoms with E-state index < -0.39 is 0 Å². The summed E-state index contributed by atoms with van der Waals surface area (Å²) in [6.45, 7) is 2.46. The summed E-state index contributed by atoms with van der Waals surface area (Å²) in [7, 11) is 0. The molecule has 0 amide bonds. The average Bonchev–Trinajstić information content (AvgIpc) is 2.18. The van der Waals surface area contributed by atoms with Crippen molar-refractivity contribution >= 4 is 0 Å². The van der Waals surface area contributed by atoms with Crippen LogP contribution in [0.3, 0.4) is 0 Å². The molecule has 0 aromatic rings. The lowest BCUT2D eigenvalue weighted by Gasteiger charge is -2.29. The van der Waals surface area contributed by atoms with E-state index in [0.717, 1.165) is 0 Å². The predicted molar refractivity (Wildman–Crippen MR) is 70.1 cm³/mol. The number of hydrogen-bond acceptors (Lipinski definition) is 1. The molecule has 0 aromatic carbocycles. The Morgan fingerprint density at radius 3 is 1.81 bits per heavy atom. The van der Waals surface area contributed by atoms with E-state index in [0.29, 0.717) is 0 Å². The van der Waals surface area contributed by atoms with Gasteiger partial charge in [0.2, 0.25) is 0 Å². The molecule has 1 aliphatic carbocycles. The fourth-order valence-electron chi connectivity index (χ4n) is 3.12. The molecule has 0 atom stereocenters. The summed E-state index contributed by atoms with van der Waals surface area (Å²) in [6, 6.07) is 0. The van der Waals surface area contributed by atoms with Gasteiger partial charge in [-0.15, -0.1) is 0 Å². The molecule has 1 heteroatoms. The van der Waals surface area contributed by atoms with Crippen molar-refractivity contribution in [2.24, 2.45) is 0 Å². The minimum absolute atomic E-state index is 1.22. The van der Waals surface area contributed by atoms with E-state index in [2.05, 4.69) is 5.32 Å². The fourth-order valence-corrected chi connectivity index (χ4v) is 3.12. The van der Waals surface area contributed by atoms with Crippen LogP contribution in [0.5, 0.6) is 0 Å². The molecule has 0 aromatic heterocycles. The van der Waals surface area contributed by atoms with Gasteiger partial charge in [-0.05, 0) is 57.0 Å². The molecule has 92 valence electrons. The minimum atomic E-state index is 1.22. The van der Waals surface area contributed by atoms with Crippen LogP contribution in [0.2, 0.25) is 0 Å². The molecule has 1 saturated heterocycles. The van der Waals surface area contributed by atoms with E-state index in [1.807, 2.05) is 11.8 Å². The van der Waals surface area contributed by atoms with Crippen LogP contribution in [0.4, 0.5) is 0 Å². The molecule has 0 bridgehead atoms. The first-order valence-electron chi connectivity index (χ1n) is 7.37. The van der Waals surface area contributed by atoms with Crippen LogP contribution in [0.15, 0.2) is 0 Å². The van der Waals surface area contributed by atoms with Gasteiger partial charge in [0.25, 0.3) is 0 Å². The van der Waals surface area contributed by atoms with E-state index in [9.17, 15) is 0 Å². The highest BCUT2D eigenvalue weighted by molar-refractivity contribution is 5.17. The second kappa shape index (κ2) is 7.32. The van der Waals surface area contributed by atoms with Crippen molar-refractivity contribution in [3.05, 3.63) is 11.8 Å². The molecule has 0 unspecified atom stereocenters. The van der Waals surface area contributed by atoms with Gasteiger partial charge in [0.05, 0.1) is 0 Å². The van der Waals surface area contributed by atoms with Gasteiger partial charge in [0, 0.05) is 0 Å². The van der Waals surface area contributed by atoms with Crippen molar-refractivity contribution in [1.82, 2.24) is 5.32 Å². The summed E-state index contributed by atoms with van der Waals surface area (Å²) in [4.78, 5) is 0. The lowest BCUT2D eigenvalue weighted by Crippen LogP contribution is -2.24. The Hall–Kier alpha value is -0.0400. The standard InChI is InChI=1S/C15H27N/c1-2-4-8-14(9-5-3-1)15-10-6-7-12-16-13-11-15/h16H,1-13H2. The lowest BCUT2D eigenvalue weighted by molar-refractivity contribution is 0.471. The Kier molecular flexibility index (Phi) is 5.68. The molecular formula is C15H27N. The number of nitrogens with one attached hydrogen (secondary N) is 1. The van der Waals surface area contributed by atoms with E-state index in [-0.39, 0.29) is 0 Å². The molecule has 1 nitrogen and oxygen atoms in total. The number of hydrogen-bond donors (Lipinski definition) is 1. The van der Waals surface area contributed by atoms with Gasteiger partial charge in [-0.1, -0.05) is 38.5 Å². The molecule has 2 fully saturated rings. The van der Waals surface area contributed by atoms with Crippen molar-refractivity contribution < 1.29 is 0 Å². The monoisotopic (exact) mass is 221 g/mol. The average molecular weight is 221 g/mol. The van der Waals surface area contributed by atoms with Crippen molar-refractivity contribution in [3.63, 3.8) is 0 Å². The molecule has 2 rings (SSSR count). The molecule has 2 aliphatic rings. The van der Waals surface area contributed by atoms with Gasteiger partial charge in [0.15, 0.2) is 0 Å². The maximum atomic E-state index is 3.55. The maximum Gasteiger partial charge on any atom is -0.00432 e. The van der Waals surface area contributed by atoms with Gasteiger partial charge >= 0.3 is 0 Å². The zero-order chi connectivity index (χ0) is 11.1. The Bertz CT molecular complexity index is 142. The largest absolute Gasteiger partial charge is 0.317 e. The molecule has 1 N–H and O–H groups in total. The van der Waals surface area contributed by atoms with Crippen molar-refractivity contribution in [3.8, 4) is 0 Å².